The van der Waals surface area contributed by atoms with Gasteiger partial charge in [-0.3, -0.25) is 0 Å². The summed E-state index contributed by atoms with van der Waals surface area (Å²) in [6.07, 6.45) is 13.6. The SMILES string of the molecule is CCCC(CCCOCC1CCCCC1)C1CC1N. The molecule has 0 spiro atoms. The topological polar surface area (TPSA) is 35.2 Å². The maximum Gasteiger partial charge on any atom is 0.0494 e. The Labute approximate surface area is 119 Å². The van der Waals surface area contributed by atoms with Crippen LogP contribution in [0.5, 0.6) is 0 Å². The molecule has 19 heavy (non-hydrogen) atoms. The van der Waals surface area contributed by atoms with Crippen molar-refractivity contribution in [2.75, 3.05) is 13.2 Å². The first-order chi connectivity index (χ1) is 9.31. The molecule has 0 saturated heterocycles. The van der Waals surface area contributed by atoms with Crippen LogP contribution >= 0.6 is 0 Å². The summed E-state index contributed by atoms with van der Waals surface area (Å²) in [5, 5.41) is 0. The zero-order chi connectivity index (χ0) is 13.5. The Hall–Kier alpha value is -0.0800. The molecule has 2 rings (SSSR count). The van der Waals surface area contributed by atoms with E-state index in [4.69, 9.17) is 10.5 Å². The molecule has 2 saturated carbocycles. The van der Waals surface area contributed by atoms with E-state index < -0.39 is 0 Å². The number of hydrogen-bond acceptors (Lipinski definition) is 2. The van der Waals surface area contributed by atoms with Crippen molar-refractivity contribution in [3.63, 3.8) is 0 Å². The van der Waals surface area contributed by atoms with Crippen molar-refractivity contribution < 1.29 is 4.74 Å². The van der Waals surface area contributed by atoms with Crippen molar-refractivity contribution in [2.45, 2.75) is 77.2 Å². The van der Waals surface area contributed by atoms with Gasteiger partial charge < -0.3 is 10.5 Å². The molecule has 0 bridgehead atoms. The highest BCUT2D eigenvalue weighted by molar-refractivity contribution is 4.94. The monoisotopic (exact) mass is 267 g/mol. The van der Waals surface area contributed by atoms with Crippen LogP contribution in [0.15, 0.2) is 0 Å². The average molecular weight is 267 g/mol. The van der Waals surface area contributed by atoms with Crippen molar-refractivity contribution in [3.05, 3.63) is 0 Å². The van der Waals surface area contributed by atoms with Gasteiger partial charge in [0, 0.05) is 19.3 Å². The molecule has 2 N–H and O–H groups in total. The maximum absolute atomic E-state index is 5.99. The first-order valence-electron chi connectivity index (χ1n) is 8.64. The second-order valence-corrected chi connectivity index (χ2v) is 6.83. The van der Waals surface area contributed by atoms with Crippen LogP contribution in [0.3, 0.4) is 0 Å². The van der Waals surface area contributed by atoms with Gasteiger partial charge in [-0.15, -0.1) is 0 Å². The molecule has 0 aromatic heterocycles. The predicted molar refractivity (Wildman–Crippen MR) is 81.1 cm³/mol. The van der Waals surface area contributed by atoms with Crippen LogP contribution < -0.4 is 5.73 Å². The minimum absolute atomic E-state index is 0.514. The van der Waals surface area contributed by atoms with Gasteiger partial charge in [0.2, 0.25) is 0 Å². The summed E-state index contributed by atoms with van der Waals surface area (Å²) in [4.78, 5) is 0. The summed E-state index contributed by atoms with van der Waals surface area (Å²) in [6.45, 7) is 4.28. The highest BCUT2D eigenvalue weighted by atomic mass is 16.5. The maximum atomic E-state index is 5.99. The quantitative estimate of drug-likeness (QED) is 0.638. The Morgan fingerprint density at radius 3 is 2.53 bits per heavy atom. The van der Waals surface area contributed by atoms with E-state index in [0.29, 0.717) is 6.04 Å². The largest absolute Gasteiger partial charge is 0.381 e. The van der Waals surface area contributed by atoms with Gasteiger partial charge in [-0.25, -0.2) is 0 Å². The number of nitrogens with two attached hydrogens (primary N) is 1. The van der Waals surface area contributed by atoms with Crippen molar-refractivity contribution in [3.8, 4) is 0 Å². The van der Waals surface area contributed by atoms with E-state index in [1.807, 2.05) is 0 Å². The van der Waals surface area contributed by atoms with Crippen LogP contribution in [0.4, 0.5) is 0 Å². The van der Waals surface area contributed by atoms with E-state index in [-0.39, 0.29) is 0 Å². The molecule has 2 nitrogen and oxygen atoms in total. The molecule has 0 heterocycles. The van der Waals surface area contributed by atoms with Gasteiger partial charge >= 0.3 is 0 Å². The summed E-state index contributed by atoms with van der Waals surface area (Å²) in [7, 11) is 0. The smallest absolute Gasteiger partial charge is 0.0494 e. The lowest BCUT2D eigenvalue weighted by Crippen LogP contribution is -2.15. The zero-order valence-corrected chi connectivity index (χ0v) is 12.8. The van der Waals surface area contributed by atoms with Crippen molar-refractivity contribution in [1.82, 2.24) is 0 Å². The number of ether oxygens (including phenoxy) is 1. The van der Waals surface area contributed by atoms with Crippen LogP contribution in [-0.4, -0.2) is 19.3 Å². The van der Waals surface area contributed by atoms with Gasteiger partial charge in [-0.2, -0.15) is 0 Å². The fourth-order valence-electron chi connectivity index (χ4n) is 3.77. The first kappa shape index (κ1) is 15.3. The van der Waals surface area contributed by atoms with E-state index >= 15 is 0 Å². The minimum atomic E-state index is 0.514. The van der Waals surface area contributed by atoms with E-state index in [9.17, 15) is 0 Å². The molecule has 2 aliphatic carbocycles. The third kappa shape index (κ3) is 5.43. The third-order valence-corrected chi connectivity index (χ3v) is 5.10. The highest BCUT2D eigenvalue weighted by Crippen LogP contribution is 2.40. The standard InChI is InChI=1S/C17H33NO/c1-2-7-15(16-12-17(16)18)10-6-11-19-13-14-8-4-3-5-9-14/h14-17H,2-13,18H2,1H3. The molecular formula is C17H33NO. The molecule has 2 aliphatic rings. The lowest BCUT2D eigenvalue weighted by Gasteiger charge is -2.21. The summed E-state index contributed by atoms with van der Waals surface area (Å²) in [5.74, 6) is 2.56. The molecular weight excluding hydrogens is 234 g/mol. The van der Waals surface area contributed by atoms with E-state index in [2.05, 4.69) is 6.92 Å². The molecule has 0 aliphatic heterocycles. The minimum Gasteiger partial charge on any atom is -0.381 e. The van der Waals surface area contributed by atoms with Gasteiger partial charge in [-0.1, -0.05) is 39.0 Å². The van der Waals surface area contributed by atoms with E-state index in [1.54, 1.807) is 0 Å². The fraction of sp³-hybridized carbons (Fsp3) is 1.00. The van der Waals surface area contributed by atoms with E-state index in [1.165, 1.54) is 64.2 Å². The summed E-state index contributed by atoms with van der Waals surface area (Å²) >= 11 is 0. The lowest BCUT2D eigenvalue weighted by molar-refractivity contribution is 0.0796. The van der Waals surface area contributed by atoms with Crippen LogP contribution in [-0.2, 0) is 4.74 Å². The van der Waals surface area contributed by atoms with E-state index in [0.717, 1.165) is 31.0 Å². The fourth-order valence-corrected chi connectivity index (χ4v) is 3.77. The van der Waals surface area contributed by atoms with Gasteiger partial charge in [0.1, 0.15) is 0 Å². The summed E-state index contributed by atoms with van der Waals surface area (Å²) in [5.41, 5.74) is 5.99. The molecule has 0 aromatic carbocycles. The molecule has 3 atom stereocenters. The van der Waals surface area contributed by atoms with Crippen LogP contribution in [0, 0.1) is 17.8 Å². The molecule has 0 aromatic rings. The van der Waals surface area contributed by atoms with Crippen molar-refractivity contribution >= 4 is 0 Å². The lowest BCUT2D eigenvalue weighted by atomic mass is 9.90. The second kappa shape index (κ2) is 8.26. The Balaban J connectivity index is 1.50. The highest BCUT2D eigenvalue weighted by Gasteiger charge is 2.38. The second-order valence-electron chi connectivity index (χ2n) is 6.83. The summed E-state index contributed by atoms with van der Waals surface area (Å²) < 4.78 is 5.90. The Bertz CT molecular complexity index is 237. The van der Waals surface area contributed by atoms with Gasteiger partial charge in [0.15, 0.2) is 0 Å². The average Bonchev–Trinajstić information content (AvgIpc) is 3.15. The molecule has 0 amide bonds. The molecule has 2 heteroatoms. The Kier molecular flexibility index (Phi) is 6.66. The molecule has 112 valence electrons. The van der Waals surface area contributed by atoms with Crippen LogP contribution in [0.2, 0.25) is 0 Å². The van der Waals surface area contributed by atoms with Gasteiger partial charge in [-0.05, 0) is 49.9 Å². The number of rotatable bonds is 9. The van der Waals surface area contributed by atoms with Crippen LogP contribution in [0.1, 0.15) is 71.1 Å². The van der Waals surface area contributed by atoms with Crippen molar-refractivity contribution in [2.24, 2.45) is 23.5 Å². The predicted octanol–water partition coefficient (Wildman–Crippen LogP) is 4.13. The molecule has 2 fully saturated rings. The third-order valence-electron chi connectivity index (χ3n) is 5.10. The first-order valence-corrected chi connectivity index (χ1v) is 8.64. The van der Waals surface area contributed by atoms with Gasteiger partial charge in [0.25, 0.3) is 0 Å². The number of hydrogen-bond donors (Lipinski definition) is 1. The Morgan fingerprint density at radius 2 is 1.89 bits per heavy atom. The zero-order valence-electron chi connectivity index (χ0n) is 12.8. The summed E-state index contributed by atoms with van der Waals surface area (Å²) in [6, 6.07) is 0.514. The molecule has 0 radical (unpaired) electrons. The van der Waals surface area contributed by atoms with Crippen molar-refractivity contribution in [1.29, 1.82) is 0 Å². The van der Waals surface area contributed by atoms with Gasteiger partial charge in [0.05, 0.1) is 0 Å². The normalized spacial score (nSPS) is 29.4. The molecule has 3 unspecified atom stereocenters. The Morgan fingerprint density at radius 1 is 1.16 bits per heavy atom. The van der Waals surface area contributed by atoms with Crippen LogP contribution in [0.25, 0.3) is 0 Å².